The number of amides is 1. The molecule has 2 fully saturated rings. The lowest BCUT2D eigenvalue weighted by Gasteiger charge is -2.32. The van der Waals surface area contributed by atoms with E-state index in [0.717, 1.165) is 39.0 Å². The fraction of sp³-hybridized carbons (Fsp3) is 0.917. The maximum absolute atomic E-state index is 12.0. The molecule has 2 N–H and O–H groups in total. The van der Waals surface area contributed by atoms with Crippen LogP contribution < -0.4 is 10.6 Å². The van der Waals surface area contributed by atoms with Crippen LogP contribution in [0.25, 0.3) is 0 Å². The van der Waals surface area contributed by atoms with Gasteiger partial charge in [-0.3, -0.25) is 4.79 Å². The molecule has 0 aromatic rings. The molecule has 2 aliphatic heterocycles. The van der Waals surface area contributed by atoms with Crippen molar-refractivity contribution in [1.29, 1.82) is 0 Å². The summed E-state index contributed by atoms with van der Waals surface area (Å²) in [5.74, 6) is 0.0969. The Kier molecular flexibility index (Phi) is 9.74. The first-order valence-electron chi connectivity index (χ1n) is 6.63. The van der Waals surface area contributed by atoms with Gasteiger partial charge in [-0.25, -0.2) is 0 Å². The van der Waals surface area contributed by atoms with Gasteiger partial charge in [0.05, 0.1) is 13.2 Å². The van der Waals surface area contributed by atoms with Crippen molar-refractivity contribution in [3.63, 3.8) is 0 Å². The second kappa shape index (κ2) is 9.77. The van der Waals surface area contributed by atoms with E-state index in [0.29, 0.717) is 19.3 Å². The van der Waals surface area contributed by atoms with Gasteiger partial charge in [-0.1, -0.05) is 6.92 Å². The van der Waals surface area contributed by atoms with E-state index in [9.17, 15) is 4.79 Å². The third-order valence-corrected chi connectivity index (χ3v) is 3.62. The zero-order valence-corrected chi connectivity index (χ0v) is 13.0. The Bertz CT molecular complexity index is 255. The molecule has 1 amide bonds. The summed E-state index contributed by atoms with van der Waals surface area (Å²) < 4.78 is 5.30. The molecule has 0 aromatic heterocycles. The molecule has 2 heterocycles. The number of hydrogen-bond donors (Lipinski definition) is 2. The highest BCUT2D eigenvalue weighted by Gasteiger charge is 2.25. The Hall–Kier alpha value is -0.0700. The second-order valence-corrected chi connectivity index (χ2v) is 4.80. The van der Waals surface area contributed by atoms with E-state index < -0.39 is 0 Å². The third-order valence-electron chi connectivity index (χ3n) is 3.62. The second-order valence-electron chi connectivity index (χ2n) is 4.80. The normalized spacial score (nSPS) is 25.0. The predicted molar refractivity (Wildman–Crippen MR) is 80.4 cm³/mol. The van der Waals surface area contributed by atoms with Crippen molar-refractivity contribution in [3.8, 4) is 0 Å². The molecule has 0 radical (unpaired) electrons. The molecule has 7 heteroatoms. The van der Waals surface area contributed by atoms with Gasteiger partial charge in [0.1, 0.15) is 6.04 Å². The number of hydrogen-bond acceptors (Lipinski definition) is 4. The van der Waals surface area contributed by atoms with Gasteiger partial charge in [0, 0.05) is 25.7 Å². The zero-order valence-electron chi connectivity index (χ0n) is 11.4. The van der Waals surface area contributed by atoms with E-state index in [1.807, 2.05) is 0 Å². The summed E-state index contributed by atoms with van der Waals surface area (Å²) in [5.41, 5.74) is 0. The maximum Gasteiger partial charge on any atom is 0.239 e. The van der Waals surface area contributed by atoms with Crippen LogP contribution in [-0.4, -0.2) is 62.3 Å². The lowest BCUT2D eigenvalue weighted by Crippen LogP contribution is -2.54. The van der Waals surface area contributed by atoms with E-state index in [4.69, 9.17) is 4.74 Å². The summed E-state index contributed by atoms with van der Waals surface area (Å²) in [6, 6.07) is 0.182. The predicted octanol–water partition coefficient (Wildman–Crippen LogP) is 0.419. The number of likely N-dealkylation sites (tertiary alicyclic amines) is 1. The van der Waals surface area contributed by atoms with Crippen molar-refractivity contribution in [2.75, 3.05) is 39.4 Å². The van der Waals surface area contributed by atoms with Crippen LogP contribution in [-0.2, 0) is 9.53 Å². The van der Waals surface area contributed by atoms with E-state index >= 15 is 0 Å². The van der Waals surface area contributed by atoms with Crippen LogP contribution in [0.4, 0.5) is 0 Å². The average Bonchev–Trinajstić information content (AvgIpc) is 2.40. The van der Waals surface area contributed by atoms with E-state index in [1.54, 1.807) is 0 Å². The molecule has 19 heavy (non-hydrogen) atoms. The molecule has 0 saturated carbocycles. The first-order valence-corrected chi connectivity index (χ1v) is 6.63. The van der Waals surface area contributed by atoms with Gasteiger partial charge in [0.25, 0.3) is 0 Å². The molecular formula is C12H25Cl2N3O2. The van der Waals surface area contributed by atoms with Crippen LogP contribution in [0.5, 0.6) is 0 Å². The fourth-order valence-electron chi connectivity index (χ4n) is 2.43. The number of halogens is 2. The van der Waals surface area contributed by atoms with Gasteiger partial charge in [0.15, 0.2) is 0 Å². The fourth-order valence-corrected chi connectivity index (χ4v) is 2.43. The van der Waals surface area contributed by atoms with Crippen LogP contribution in [0.2, 0.25) is 0 Å². The summed E-state index contributed by atoms with van der Waals surface area (Å²) in [5, 5.41) is 6.31. The molecule has 0 bridgehead atoms. The SMILES string of the molecule is CCN1CCC(NC(=O)C2COCCN2)CC1.Cl.Cl. The summed E-state index contributed by atoms with van der Waals surface area (Å²) in [6.45, 7) is 7.46. The third kappa shape index (κ3) is 5.83. The largest absolute Gasteiger partial charge is 0.378 e. The topological polar surface area (TPSA) is 53.6 Å². The molecule has 114 valence electrons. The van der Waals surface area contributed by atoms with Crippen LogP contribution in [0, 0.1) is 0 Å². The lowest BCUT2D eigenvalue weighted by molar-refractivity contribution is -0.126. The van der Waals surface area contributed by atoms with E-state index in [1.165, 1.54) is 0 Å². The number of rotatable bonds is 3. The van der Waals surface area contributed by atoms with Crippen molar-refractivity contribution < 1.29 is 9.53 Å². The van der Waals surface area contributed by atoms with Gasteiger partial charge in [-0.05, 0) is 19.4 Å². The highest BCUT2D eigenvalue weighted by atomic mass is 35.5. The Morgan fingerprint density at radius 3 is 2.58 bits per heavy atom. The standard InChI is InChI=1S/C12H23N3O2.2ClH/c1-2-15-6-3-10(4-7-15)14-12(16)11-9-17-8-5-13-11;;/h10-11,13H,2-9H2,1H3,(H,14,16);2*1H. The Labute approximate surface area is 127 Å². The van der Waals surface area contributed by atoms with Crippen LogP contribution in [0.1, 0.15) is 19.8 Å². The maximum atomic E-state index is 12.0. The minimum atomic E-state index is -0.159. The molecule has 5 nitrogen and oxygen atoms in total. The molecule has 0 aliphatic carbocycles. The van der Waals surface area contributed by atoms with Gasteiger partial charge in [-0.15, -0.1) is 24.8 Å². The number of ether oxygens (including phenoxy) is 1. The van der Waals surface area contributed by atoms with Gasteiger partial charge in [0.2, 0.25) is 5.91 Å². The Morgan fingerprint density at radius 1 is 1.37 bits per heavy atom. The van der Waals surface area contributed by atoms with Crippen molar-refractivity contribution in [3.05, 3.63) is 0 Å². The van der Waals surface area contributed by atoms with E-state index in [2.05, 4.69) is 22.5 Å². The van der Waals surface area contributed by atoms with Gasteiger partial charge >= 0.3 is 0 Å². The molecular weight excluding hydrogens is 289 g/mol. The molecule has 2 rings (SSSR count). The van der Waals surface area contributed by atoms with Crippen molar-refractivity contribution in [2.24, 2.45) is 0 Å². The minimum absolute atomic E-state index is 0. The highest BCUT2D eigenvalue weighted by molar-refractivity contribution is 5.85. The summed E-state index contributed by atoms with van der Waals surface area (Å²) >= 11 is 0. The molecule has 2 aliphatic rings. The van der Waals surface area contributed by atoms with Crippen LogP contribution >= 0.6 is 24.8 Å². The van der Waals surface area contributed by atoms with Crippen molar-refractivity contribution in [2.45, 2.75) is 31.8 Å². The summed E-state index contributed by atoms with van der Waals surface area (Å²) in [4.78, 5) is 14.4. The molecule has 0 aromatic carbocycles. The van der Waals surface area contributed by atoms with Crippen molar-refractivity contribution in [1.82, 2.24) is 15.5 Å². The average molecular weight is 314 g/mol. The number of morpholine rings is 1. The minimum Gasteiger partial charge on any atom is -0.378 e. The summed E-state index contributed by atoms with van der Waals surface area (Å²) in [6.07, 6.45) is 2.13. The molecule has 0 spiro atoms. The molecule has 1 unspecified atom stereocenters. The monoisotopic (exact) mass is 313 g/mol. The molecule has 1 atom stereocenters. The van der Waals surface area contributed by atoms with Gasteiger partial charge in [-0.2, -0.15) is 0 Å². The first-order chi connectivity index (χ1) is 8.29. The highest BCUT2D eigenvalue weighted by Crippen LogP contribution is 2.10. The van der Waals surface area contributed by atoms with Crippen LogP contribution in [0.15, 0.2) is 0 Å². The van der Waals surface area contributed by atoms with Crippen LogP contribution in [0.3, 0.4) is 0 Å². The number of carbonyl (C=O) groups is 1. The quantitative estimate of drug-likeness (QED) is 0.793. The van der Waals surface area contributed by atoms with Gasteiger partial charge < -0.3 is 20.3 Å². The Balaban J connectivity index is 0.00000162. The van der Waals surface area contributed by atoms with E-state index in [-0.39, 0.29) is 36.8 Å². The summed E-state index contributed by atoms with van der Waals surface area (Å²) in [7, 11) is 0. The number of carbonyl (C=O) groups excluding carboxylic acids is 1. The lowest BCUT2D eigenvalue weighted by atomic mass is 10.0. The smallest absolute Gasteiger partial charge is 0.239 e. The zero-order chi connectivity index (χ0) is 12.1. The number of nitrogens with one attached hydrogen (secondary N) is 2. The first kappa shape index (κ1) is 18.9. The Morgan fingerprint density at radius 2 is 2.05 bits per heavy atom. The molecule has 2 saturated heterocycles. The number of nitrogens with zero attached hydrogens (tertiary/aromatic N) is 1. The number of piperidine rings is 1. The van der Waals surface area contributed by atoms with Crippen molar-refractivity contribution >= 4 is 30.7 Å².